The van der Waals surface area contributed by atoms with E-state index >= 15 is 0 Å². The summed E-state index contributed by atoms with van der Waals surface area (Å²) in [5, 5.41) is 0.888. The minimum atomic E-state index is 0.600. The van der Waals surface area contributed by atoms with Crippen molar-refractivity contribution in [3.63, 3.8) is 0 Å². The number of hydrogen-bond donors (Lipinski definition) is 0. The van der Waals surface area contributed by atoms with E-state index in [0.717, 1.165) is 23.2 Å². The zero-order chi connectivity index (χ0) is 14.3. The molecule has 0 aromatic heterocycles. The fraction of sp³-hybridized carbons (Fsp3) is 0.647. The van der Waals surface area contributed by atoms with E-state index in [4.69, 9.17) is 11.6 Å². The second-order valence-corrected chi connectivity index (χ2v) is 7.10. The quantitative estimate of drug-likeness (QED) is 0.814. The van der Waals surface area contributed by atoms with Gasteiger partial charge in [0.05, 0.1) is 0 Å². The fourth-order valence-electron chi connectivity index (χ4n) is 3.67. The van der Waals surface area contributed by atoms with Crippen LogP contribution in [0.4, 0.5) is 5.69 Å². The van der Waals surface area contributed by atoms with Gasteiger partial charge in [0, 0.05) is 35.9 Å². The van der Waals surface area contributed by atoms with Gasteiger partial charge < -0.3 is 4.90 Å². The van der Waals surface area contributed by atoms with E-state index in [9.17, 15) is 0 Å². The second kappa shape index (κ2) is 5.57. The molecule has 2 aliphatic heterocycles. The Labute approximate surface area is 127 Å². The minimum absolute atomic E-state index is 0.600. The van der Waals surface area contributed by atoms with Crippen molar-refractivity contribution in [2.45, 2.75) is 45.7 Å². The lowest BCUT2D eigenvalue weighted by Crippen LogP contribution is -2.58. The van der Waals surface area contributed by atoms with Gasteiger partial charge in [-0.15, -0.1) is 0 Å². The number of benzene rings is 1. The summed E-state index contributed by atoms with van der Waals surface area (Å²) < 4.78 is 0. The highest BCUT2D eigenvalue weighted by molar-refractivity contribution is 6.31. The molecule has 0 amide bonds. The highest BCUT2D eigenvalue weighted by atomic mass is 35.5. The highest BCUT2D eigenvalue weighted by Crippen LogP contribution is 2.33. The Bertz CT molecular complexity index is 486. The van der Waals surface area contributed by atoms with Crippen LogP contribution in [0.3, 0.4) is 0 Å². The van der Waals surface area contributed by atoms with Crippen LogP contribution in [0.15, 0.2) is 18.2 Å². The van der Waals surface area contributed by atoms with E-state index < -0.39 is 0 Å². The molecule has 0 bridgehead atoms. The van der Waals surface area contributed by atoms with Gasteiger partial charge in [-0.2, -0.15) is 0 Å². The van der Waals surface area contributed by atoms with Crippen molar-refractivity contribution in [3.8, 4) is 0 Å². The third kappa shape index (κ3) is 2.56. The molecule has 3 rings (SSSR count). The van der Waals surface area contributed by atoms with Gasteiger partial charge in [-0.25, -0.2) is 0 Å². The Balaban J connectivity index is 1.89. The molecule has 0 spiro atoms. The summed E-state index contributed by atoms with van der Waals surface area (Å²) >= 11 is 6.33. The van der Waals surface area contributed by atoms with E-state index in [2.05, 4.69) is 48.8 Å². The first kappa shape index (κ1) is 14.2. The van der Waals surface area contributed by atoms with Crippen LogP contribution in [-0.2, 0) is 0 Å². The lowest BCUT2D eigenvalue weighted by molar-refractivity contribution is 0.176. The number of halogens is 1. The monoisotopic (exact) mass is 292 g/mol. The van der Waals surface area contributed by atoms with Crippen molar-refractivity contribution < 1.29 is 0 Å². The van der Waals surface area contributed by atoms with Crippen molar-refractivity contribution in [1.82, 2.24) is 4.90 Å². The number of anilines is 1. The van der Waals surface area contributed by atoms with E-state index in [1.807, 2.05) is 0 Å². The van der Waals surface area contributed by atoms with Crippen molar-refractivity contribution in [2.24, 2.45) is 5.92 Å². The van der Waals surface area contributed by atoms with Gasteiger partial charge in [0.15, 0.2) is 0 Å². The Kier molecular flexibility index (Phi) is 3.96. The zero-order valence-electron chi connectivity index (χ0n) is 12.8. The van der Waals surface area contributed by atoms with Crippen molar-refractivity contribution in [1.29, 1.82) is 0 Å². The summed E-state index contributed by atoms with van der Waals surface area (Å²) in [6.07, 6.45) is 2.71. The molecule has 0 N–H and O–H groups in total. The van der Waals surface area contributed by atoms with E-state index in [1.165, 1.54) is 31.6 Å². The Morgan fingerprint density at radius 1 is 1.25 bits per heavy atom. The van der Waals surface area contributed by atoms with Crippen LogP contribution < -0.4 is 4.90 Å². The molecule has 2 atom stereocenters. The van der Waals surface area contributed by atoms with Crippen LogP contribution in [0.5, 0.6) is 0 Å². The van der Waals surface area contributed by atoms with Gasteiger partial charge in [0.25, 0.3) is 0 Å². The molecule has 0 aliphatic carbocycles. The van der Waals surface area contributed by atoms with Crippen LogP contribution >= 0.6 is 11.6 Å². The summed E-state index contributed by atoms with van der Waals surface area (Å²) in [5.74, 6) is 0.664. The first-order valence-electron chi connectivity index (χ1n) is 7.83. The van der Waals surface area contributed by atoms with Gasteiger partial charge in [-0.1, -0.05) is 31.5 Å². The van der Waals surface area contributed by atoms with Gasteiger partial charge >= 0.3 is 0 Å². The predicted octanol–water partition coefficient (Wildman–Crippen LogP) is 3.96. The maximum Gasteiger partial charge on any atom is 0.0455 e. The summed E-state index contributed by atoms with van der Waals surface area (Å²) in [4.78, 5) is 5.29. The largest absolute Gasteiger partial charge is 0.365 e. The minimum Gasteiger partial charge on any atom is -0.365 e. The number of aryl methyl sites for hydroxylation is 1. The Hall–Kier alpha value is -0.730. The number of rotatable bonds is 2. The first-order chi connectivity index (χ1) is 9.56. The maximum absolute atomic E-state index is 6.33. The molecule has 2 fully saturated rings. The van der Waals surface area contributed by atoms with Gasteiger partial charge in [-0.05, 0) is 49.9 Å². The SMILES string of the molecule is Cc1ccc(N2CC3CCCN3CC2C(C)C)cc1Cl. The molecule has 3 heteroatoms. The summed E-state index contributed by atoms with van der Waals surface area (Å²) in [6.45, 7) is 10.4. The van der Waals surface area contributed by atoms with Crippen LogP contribution in [-0.4, -0.2) is 36.6 Å². The molecule has 1 aromatic rings. The van der Waals surface area contributed by atoms with Gasteiger partial charge in [0.1, 0.15) is 0 Å². The summed E-state index contributed by atoms with van der Waals surface area (Å²) in [7, 11) is 0. The zero-order valence-corrected chi connectivity index (χ0v) is 13.5. The average molecular weight is 293 g/mol. The Morgan fingerprint density at radius 2 is 2.05 bits per heavy atom. The van der Waals surface area contributed by atoms with Crippen LogP contribution in [0, 0.1) is 12.8 Å². The van der Waals surface area contributed by atoms with Crippen LogP contribution in [0.2, 0.25) is 5.02 Å². The Morgan fingerprint density at radius 3 is 2.75 bits per heavy atom. The summed E-state index contributed by atoms with van der Waals surface area (Å²) in [5.41, 5.74) is 2.46. The van der Waals surface area contributed by atoms with Gasteiger partial charge in [-0.3, -0.25) is 4.90 Å². The van der Waals surface area contributed by atoms with E-state index in [-0.39, 0.29) is 0 Å². The molecule has 110 valence electrons. The normalized spacial score (nSPS) is 27.1. The molecule has 1 aromatic carbocycles. The van der Waals surface area contributed by atoms with Crippen molar-refractivity contribution in [3.05, 3.63) is 28.8 Å². The van der Waals surface area contributed by atoms with Gasteiger partial charge in [0.2, 0.25) is 0 Å². The first-order valence-corrected chi connectivity index (χ1v) is 8.21. The topological polar surface area (TPSA) is 6.48 Å². The molecule has 0 saturated carbocycles. The molecule has 2 heterocycles. The molecule has 20 heavy (non-hydrogen) atoms. The number of hydrogen-bond acceptors (Lipinski definition) is 2. The smallest absolute Gasteiger partial charge is 0.0455 e. The third-order valence-electron chi connectivity index (χ3n) is 4.99. The fourth-order valence-corrected chi connectivity index (χ4v) is 3.85. The van der Waals surface area contributed by atoms with Crippen LogP contribution in [0.25, 0.3) is 0 Å². The number of piperazine rings is 1. The molecule has 2 unspecified atom stereocenters. The van der Waals surface area contributed by atoms with E-state index in [1.54, 1.807) is 0 Å². The number of nitrogens with zero attached hydrogens (tertiary/aromatic N) is 2. The molecular formula is C17H25ClN2. The molecular weight excluding hydrogens is 268 g/mol. The average Bonchev–Trinajstić information content (AvgIpc) is 2.87. The van der Waals surface area contributed by atoms with Crippen molar-refractivity contribution in [2.75, 3.05) is 24.5 Å². The van der Waals surface area contributed by atoms with Crippen LogP contribution in [0.1, 0.15) is 32.3 Å². The molecule has 0 radical (unpaired) electrons. The lowest BCUT2D eigenvalue weighted by atomic mass is 9.96. The standard InChI is InChI=1S/C17H25ClN2/c1-12(2)17-11-19-8-4-5-15(19)10-20(17)14-7-6-13(3)16(18)9-14/h6-7,9,12,15,17H,4-5,8,10-11H2,1-3H3. The molecule has 2 aliphatic rings. The van der Waals surface area contributed by atoms with E-state index in [0.29, 0.717) is 12.0 Å². The third-order valence-corrected chi connectivity index (χ3v) is 5.39. The van der Waals surface area contributed by atoms with Crippen molar-refractivity contribution >= 4 is 17.3 Å². The molecule has 2 saturated heterocycles. The second-order valence-electron chi connectivity index (χ2n) is 6.69. The number of fused-ring (bicyclic) bond motifs is 1. The lowest BCUT2D eigenvalue weighted by Gasteiger charge is -2.47. The maximum atomic E-state index is 6.33. The predicted molar refractivity (Wildman–Crippen MR) is 86.8 cm³/mol. The molecule has 2 nitrogen and oxygen atoms in total. The summed E-state index contributed by atoms with van der Waals surface area (Å²) in [6, 6.07) is 7.88. The highest BCUT2D eigenvalue weighted by Gasteiger charge is 2.37.